The molecule has 0 aliphatic heterocycles. The van der Waals surface area contributed by atoms with Crippen molar-refractivity contribution in [2.75, 3.05) is 24.4 Å². The van der Waals surface area contributed by atoms with Gasteiger partial charge in [-0.2, -0.15) is 13.1 Å². The lowest BCUT2D eigenvalue weighted by molar-refractivity contribution is 0.202. The molecule has 0 radical (unpaired) electrons. The molecule has 2 N–H and O–H groups in total. The minimum absolute atomic E-state index is 0.151. The smallest absolute Gasteiger partial charge is 0.316 e. The van der Waals surface area contributed by atoms with E-state index in [1.54, 1.807) is 12.1 Å². The average Bonchev–Trinajstić information content (AvgIpc) is 2.83. The van der Waals surface area contributed by atoms with Crippen LogP contribution < -0.4 is 18.9 Å². The van der Waals surface area contributed by atoms with E-state index in [2.05, 4.69) is 51.8 Å². The Labute approximate surface area is 215 Å². The molecule has 3 rings (SSSR count). The van der Waals surface area contributed by atoms with Crippen LogP contribution in [0.15, 0.2) is 51.9 Å². The minimum atomic E-state index is -5.04. The van der Waals surface area contributed by atoms with Crippen LogP contribution in [0.5, 0.6) is 11.9 Å². The first-order chi connectivity index (χ1) is 18.7. The van der Waals surface area contributed by atoms with E-state index in [1.165, 1.54) is 29.2 Å². The van der Waals surface area contributed by atoms with Gasteiger partial charge in [0.05, 0.1) is 12.8 Å². The molecule has 0 fully saturated rings. The van der Waals surface area contributed by atoms with E-state index < -0.39 is 54.8 Å². The van der Waals surface area contributed by atoms with E-state index in [-0.39, 0.29) is 17.1 Å². The maximum Gasteiger partial charge on any atom is 0.316 e. The summed E-state index contributed by atoms with van der Waals surface area (Å²) in [4.78, 5) is 15.5. The Hall–Kier alpha value is -2.35. The summed E-state index contributed by atoms with van der Waals surface area (Å²) in [6, 6.07) is 6.00. The van der Waals surface area contributed by atoms with Crippen molar-refractivity contribution in [3.8, 4) is 23.0 Å². The van der Waals surface area contributed by atoms with E-state index in [1.807, 2.05) is 4.72 Å². The predicted octanol–water partition coefficient (Wildman–Crippen LogP) is 3.57. The van der Waals surface area contributed by atoms with Gasteiger partial charge in [-0.1, -0.05) is 34.9 Å². The van der Waals surface area contributed by atoms with Crippen molar-refractivity contribution in [2.45, 2.75) is 13.2 Å². The predicted molar refractivity (Wildman–Crippen MR) is 127 cm³/mol. The van der Waals surface area contributed by atoms with Gasteiger partial charge in [0, 0.05) is 33.0 Å². The molecule has 0 bridgehead atoms. The molecule has 0 atom stereocenters. The molecule has 1 aromatic carbocycles. The molecular weight excluding hydrogens is 568 g/mol. The van der Waals surface area contributed by atoms with Crippen LogP contribution in [0.2, 0.25) is 0 Å². The lowest BCUT2D eigenvalue weighted by Gasteiger charge is -2.15. The Morgan fingerprint density at radius 3 is 2.53 bits per heavy atom. The van der Waals surface area contributed by atoms with Gasteiger partial charge in [-0.05, 0) is 40.0 Å². The number of halogens is 2. The standard InChI is InChI=1S/C19H20Br2N6O4S/c1-2-7-26-32(28,29)27-17-16(13-3-5-14(20)6-4-13)18(25-12-24-17)30-8-9-31-19-22-10-15(21)11-23-19/h3-6,10-12,26H,2,7-9H2,1H3,(H,24,25,27)/i1D3,2D2,7D2,8D2. The summed E-state index contributed by atoms with van der Waals surface area (Å²) in [5, 5.41) is 0. The van der Waals surface area contributed by atoms with Crippen molar-refractivity contribution < 1.29 is 30.2 Å². The fourth-order valence-corrected chi connectivity index (χ4v) is 3.33. The quantitative estimate of drug-likeness (QED) is 0.344. The molecule has 170 valence electrons. The van der Waals surface area contributed by atoms with Crippen LogP contribution in [0, 0.1) is 0 Å². The number of benzene rings is 1. The van der Waals surface area contributed by atoms with Gasteiger partial charge in [-0.3, -0.25) is 4.72 Å². The SMILES string of the molecule is [2H]C([2H])(COc1ncc(Br)cn1)Oc1ncnc(NS(=O)(=O)NC([2H])([2H])C([2H])([2H])C([2H])([2H])[2H])c1-c1ccc(Br)cc1. The van der Waals surface area contributed by atoms with Crippen LogP contribution in [0.3, 0.4) is 0 Å². The highest BCUT2D eigenvalue weighted by molar-refractivity contribution is 9.10. The number of hydrogen-bond acceptors (Lipinski definition) is 8. The Morgan fingerprint density at radius 2 is 1.81 bits per heavy atom. The molecule has 0 saturated carbocycles. The Balaban J connectivity index is 1.97. The molecule has 2 aromatic heterocycles. The van der Waals surface area contributed by atoms with Crippen LogP contribution >= 0.6 is 31.9 Å². The molecule has 13 heteroatoms. The third-order valence-electron chi connectivity index (χ3n) is 3.45. The summed E-state index contributed by atoms with van der Waals surface area (Å²) in [7, 11) is -5.04. The topological polar surface area (TPSA) is 128 Å². The lowest BCUT2D eigenvalue weighted by atomic mass is 10.1. The summed E-state index contributed by atoms with van der Waals surface area (Å²) in [6.45, 7) is -10.4. The minimum Gasteiger partial charge on any atom is -0.473 e. The highest BCUT2D eigenvalue weighted by Gasteiger charge is 2.19. The molecule has 0 aliphatic carbocycles. The van der Waals surface area contributed by atoms with Gasteiger partial charge in [0.25, 0.3) is 10.2 Å². The number of ether oxygens (including phenoxy) is 2. The van der Waals surface area contributed by atoms with E-state index >= 15 is 0 Å². The Kier molecular flexibility index (Phi) is 5.29. The van der Waals surface area contributed by atoms with Crippen molar-refractivity contribution >= 4 is 47.9 Å². The number of nitrogens with zero attached hydrogens (tertiary/aromatic N) is 4. The van der Waals surface area contributed by atoms with E-state index in [4.69, 9.17) is 21.8 Å². The van der Waals surface area contributed by atoms with Crippen molar-refractivity contribution in [3.05, 3.63) is 51.9 Å². The number of anilines is 1. The van der Waals surface area contributed by atoms with Gasteiger partial charge in [0.1, 0.15) is 19.5 Å². The van der Waals surface area contributed by atoms with Crippen LogP contribution in [-0.4, -0.2) is 48.0 Å². The van der Waals surface area contributed by atoms with Crippen LogP contribution in [0.25, 0.3) is 11.1 Å². The van der Waals surface area contributed by atoms with Gasteiger partial charge in [0.15, 0.2) is 5.82 Å². The van der Waals surface area contributed by atoms with Gasteiger partial charge in [-0.15, -0.1) is 0 Å². The molecule has 0 saturated heterocycles. The molecule has 0 amide bonds. The van der Waals surface area contributed by atoms with Crippen LogP contribution in [-0.2, 0) is 10.2 Å². The molecule has 0 unspecified atom stereocenters. The second-order valence-corrected chi connectivity index (χ2v) is 8.83. The third-order valence-corrected chi connectivity index (χ3v) is 5.22. The number of hydrogen-bond donors (Lipinski definition) is 2. The summed E-state index contributed by atoms with van der Waals surface area (Å²) in [5.74, 6) is -0.978. The largest absolute Gasteiger partial charge is 0.473 e. The van der Waals surface area contributed by atoms with Crippen molar-refractivity contribution in [3.63, 3.8) is 0 Å². The van der Waals surface area contributed by atoms with E-state index in [9.17, 15) is 8.42 Å². The number of nitrogens with one attached hydrogen (secondary N) is 2. The molecule has 32 heavy (non-hydrogen) atoms. The maximum absolute atomic E-state index is 12.9. The van der Waals surface area contributed by atoms with Crippen LogP contribution in [0.1, 0.15) is 25.6 Å². The molecule has 3 aromatic rings. The van der Waals surface area contributed by atoms with Crippen LogP contribution in [0.4, 0.5) is 5.82 Å². The fourth-order valence-electron chi connectivity index (χ4n) is 2.21. The zero-order valence-electron chi connectivity index (χ0n) is 24.8. The highest BCUT2D eigenvalue weighted by atomic mass is 79.9. The molecule has 2 heterocycles. The fraction of sp³-hybridized carbons (Fsp3) is 0.263. The highest BCUT2D eigenvalue weighted by Crippen LogP contribution is 2.34. The summed E-state index contributed by atoms with van der Waals surface area (Å²) in [6.07, 6.45) is -0.0288. The molecule has 10 nitrogen and oxygen atoms in total. The third kappa shape index (κ3) is 7.08. The first-order valence-electron chi connectivity index (χ1n) is 13.0. The second-order valence-electron chi connectivity index (χ2n) is 5.59. The average molecular weight is 597 g/mol. The molecule has 0 spiro atoms. The van der Waals surface area contributed by atoms with Gasteiger partial charge in [0.2, 0.25) is 5.88 Å². The van der Waals surface area contributed by atoms with Gasteiger partial charge < -0.3 is 9.47 Å². The van der Waals surface area contributed by atoms with Crippen molar-refractivity contribution in [1.82, 2.24) is 24.7 Å². The van der Waals surface area contributed by atoms with Crippen molar-refractivity contribution in [1.29, 1.82) is 0 Å². The molecular formula is C19H20Br2N6O4S. The lowest BCUT2D eigenvalue weighted by Crippen LogP contribution is -2.31. The van der Waals surface area contributed by atoms with Gasteiger partial charge >= 0.3 is 6.01 Å². The number of aromatic nitrogens is 4. The monoisotopic (exact) mass is 595 g/mol. The zero-order chi connectivity index (χ0) is 30.9. The van der Waals surface area contributed by atoms with Gasteiger partial charge in [-0.25, -0.2) is 19.9 Å². The number of rotatable bonds is 11. The first-order valence-corrected chi connectivity index (χ1v) is 11.5. The summed E-state index contributed by atoms with van der Waals surface area (Å²) >= 11 is 6.43. The second kappa shape index (κ2) is 11.5. The van der Waals surface area contributed by atoms with E-state index in [0.29, 0.717) is 8.95 Å². The maximum atomic E-state index is 12.9. The normalized spacial score (nSPS) is 17.1. The Bertz CT molecular complexity index is 1480. The first kappa shape index (κ1) is 14.7. The molecule has 0 aliphatic rings. The summed E-state index contributed by atoms with van der Waals surface area (Å²) in [5.41, 5.74) is 0.0452. The van der Waals surface area contributed by atoms with E-state index in [0.717, 1.165) is 6.33 Å². The Morgan fingerprint density at radius 1 is 1.06 bits per heavy atom. The zero-order valence-corrected chi connectivity index (χ0v) is 19.8. The summed E-state index contributed by atoms with van der Waals surface area (Å²) < 4.78 is 110. The van der Waals surface area contributed by atoms with Crippen molar-refractivity contribution in [2.24, 2.45) is 0 Å².